The van der Waals surface area contributed by atoms with Crippen LogP contribution in [0.25, 0.3) is 0 Å². The predicted octanol–water partition coefficient (Wildman–Crippen LogP) is 1.24. The number of carboxylic acid groups (broad SMARTS) is 1. The van der Waals surface area contributed by atoms with Gasteiger partial charge in [0, 0.05) is 0 Å². The highest BCUT2D eigenvalue weighted by molar-refractivity contribution is 5.72. The Kier molecular flexibility index (Phi) is 2.74. The molecule has 0 fully saturated rings. The molecule has 0 saturated heterocycles. The molecule has 4 heteroatoms. The first-order chi connectivity index (χ1) is 6.11. The van der Waals surface area contributed by atoms with Gasteiger partial charge in [0.05, 0.1) is 0 Å². The molecular formula is C9H10O4. The van der Waals surface area contributed by atoms with Crippen molar-refractivity contribution in [3.8, 4) is 11.5 Å². The van der Waals surface area contributed by atoms with Crippen LogP contribution in [0.2, 0.25) is 0 Å². The van der Waals surface area contributed by atoms with Crippen molar-refractivity contribution in [2.75, 3.05) is 0 Å². The van der Waals surface area contributed by atoms with Gasteiger partial charge in [-0.25, -0.2) is 4.79 Å². The molecule has 1 aromatic carbocycles. The Hall–Kier alpha value is -1.71. The Bertz CT molecular complexity index is 308. The Labute approximate surface area is 75.4 Å². The fourth-order valence-corrected chi connectivity index (χ4v) is 0.798. The third-order valence-electron chi connectivity index (χ3n) is 1.52. The molecule has 0 aliphatic heterocycles. The number of phenols is 1. The standard InChI is InChI=1S/C9H10O4/c1-6(9(11)12)13-8-5-3-2-4-7(8)10/h2-6,10H,1H3,(H,11,12). The number of hydrogen-bond acceptors (Lipinski definition) is 3. The highest BCUT2D eigenvalue weighted by Gasteiger charge is 2.13. The van der Waals surface area contributed by atoms with E-state index in [-0.39, 0.29) is 11.5 Å². The number of carbonyl (C=O) groups is 1. The largest absolute Gasteiger partial charge is 0.504 e. The Morgan fingerprint density at radius 1 is 1.46 bits per heavy atom. The number of ether oxygens (including phenoxy) is 1. The van der Waals surface area contributed by atoms with Crippen molar-refractivity contribution >= 4 is 5.97 Å². The van der Waals surface area contributed by atoms with E-state index in [1.807, 2.05) is 0 Å². The van der Waals surface area contributed by atoms with Crippen LogP contribution < -0.4 is 4.74 Å². The van der Waals surface area contributed by atoms with Gasteiger partial charge in [-0.1, -0.05) is 12.1 Å². The summed E-state index contributed by atoms with van der Waals surface area (Å²) in [7, 11) is 0. The molecule has 0 bridgehead atoms. The smallest absolute Gasteiger partial charge is 0.344 e. The number of hydrogen-bond donors (Lipinski definition) is 2. The van der Waals surface area contributed by atoms with Crippen LogP contribution in [0.5, 0.6) is 11.5 Å². The van der Waals surface area contributed by atoms with Crippen LogP contribution in [0.1, 0.15) is 6.92 Å². The summed E-state index contributed by atoms with van der Waals surface area (Å²) in [6, 6.07) is 6.23. The topological polar surface area (TPSA) is 66.8 Å². The maximum absolute atomic E-state index is 10.4. The number of phenolic OH excluding ortho intramolecular Hbond substituents is 1. The molecule has 1 aromatic rings. The summed E-state index contributed by atoms with van der Waals surface area (Å²) in [6.45, 7) is 1.40. The van der Waals surface area contributed by atoms with Crippen molar-refractivity contribution in [1.29, 1.82) is 0 Å². The second-order valence-corrected chi connectivity index (χ2v) is 2.57. The molecule has 0 aromatic heterocycles. The average Bonchev–Trinajstić information content (AvgIpc) is 2.08. The van der Waals surface area contributed by atoms with Gasteiger partial charge in [-0.05, 0) is 19.1 Å². The second-order valence-electron chi connectivity index (χ2n) is 2.57. The molecule has 4 nitrogen and oxygen atoms in total. The van der Waals surface area contributed by atoms with Gasteiger partial charge in [0.2, 0.25) is 0 Å². The van der Waals surface area contributed by atoms with Crippen molar-refractivity contribution in [3.63, 3.8) is 0 Å². The van der Waals surface area contributed by atoms with E-state index in [0.29, 0.717) is 0 Å². The van der Waals surface area contributed by atoms with E-state index in [9.17, 15) is 9.90 Å². The minimum Gasteiger partial charge on any atom is -0.504 e. The van der Waals surface area contributed by atoms with E-state index >= 15 is 0 Å². The quantitative estimate of drug-likeness (QED) is 0.738. The third-order valence-corrected chi connectivity index (χ3v) is 1.52. The van der Waals surface area contributed by atoms with E-state index in [1.54, 1.807) is 12.1 Å². The van der Waals surface area contributed by atoms with Gasteiger partial charge in [-0.2, -0.15) is 0 Å². The summed E-state index contributed by atoms with van der Waals surface area (Å²) < 4.78 is 4.96. The van der Waals surface area contributed by atoms with E-state index in [0.717, 1.165) is 0 Å². The number of carboxylic acids is 1. The number of benzene rings is 1. The summed E-state index contributed by atoms with van der Waals surface area (Å²) in [6.07, 6.45) is -0.965. The fraction of sp³-hybridized carbons (Fsp3) is 0.222. The molecular weight excluding hydrogens is 172 g/mol. The van der Waals surface area contributed by atoms with Crippen molar-refractivity contribution in [1.82, 2.24) is 0 Å². The number of aliphatic carboxylic acids is 1. The highest BCUT2D eigenvalue weighted by atomic mass is 16.5. The second kappa shape index (κ2) is 3.80. The van der Waals surface area contributed by atoms with E-state index in [2.05, 4.69) is 0 Å². The summed E-state index contributed by atoms with van der Waals surface area (Å²) in [5.74, 6) is -0.948. The fourth-order valence-electron chi connectivity index (χ4n) is 0.798. The highest BCUT2D eigenvalue weighted by Crippen LogP contribution is 2.25. The van der Waals surface area contributed by atoms with Crippen LogP contribution in [-0.4, -0.2) is 22.3 Å². The van der Waals surface area contributed by atoms with Crippen molar-refractivity contribution < 1.29 is 19.7 Å². The van der Waals surface area contributed by atoms with Crippen LogP contribution in [0.4, 0.5) is 0 Å². The van der Waals surface area contributed by atoms with E-state index in [1.165, 1.54) is 19.1 Å². The van der Waals surface area contributed by atoms with Gasteiger partial charge in [0.15, 0.2) is 17.6 Å². The minimum absolute atomic E-state index is 0.0596. The Morgan fingerprint density at radius 2 is 2.08 bits per heavy atom. The first kappa shape index (κ1) is 9.38. The van der Waals surface area contributed by atoms with Gasteiger partial charge in [0.25, 0.3) is 0 Å². The zero-order valence-corrected chi connectivity index (χ0v) is 7.10. The lowest BCUT2D eigenvalue weighted by Crippen LogP contribution is -2.22. The lowest BCUT2D eigenvalue weighted by molar-refractivity contribution is -0.144. The molecule has 2 N–H and O–H groups in total. The summed E-state index contributed by atoms with van der Waals surface area (Å²) in [5.41, 5.74) is 0. The SMILES string of the molecule is CC(Oc1ccccc1O)C(=O)O. The maximum atomic E-state index is 10.4. The summed E-state index contributed by atoms with van der Waals surface area (Å²) in [4.78, 5) is 10.4. The molecule has 0 aliphatic carbocycles. The molecule has 0 aliphatic rings. The Morgan fingerprint density at radius 3 is 2.62 bits per heavy atom. The van der Waals surface area contributed by atoms with Crippen LogP contribution >= 0.6 is 0 Å². The first-order valence-corrected chi connectivity index (χ1v) is 3.78. The average molecular weight is 182 g/mol. The van der Waals surface area contributed by atoms with Gasteiger partial charge < -0.3 is 14.9 Å². The van der Waals surface area contributed by atoms with Gasteiger partial charge in [0.1, 0.15) is 0 Å². The van der Waals surface area contributed by atoms with Crippen LogP contribution in [0.15, 0.2) is 24.3 Å². The van der Waals surface area contributed by atoms with Gasteiger partial charge in [-0.15, -0.1) is 0 Å². The molecule has 1 unspecified atom stereocenters. The first-order valence-electron chi connectivity index (χ1n) is 3.78. The van der Waals surface area contributed by atoms with Crippen molar-refractivity contribution in [2.24, 2.45) is 0 Å². The zero-order valence-electron chi connectivity index (χ0n) is 7.10. The monoisotopic (exact) mass is 182 g/mol. The van der Waals surface area contributed by atoms with Crippen LogP contribution in [-0.2, 0) is 4.79 Å². The lowest BCUT2D eigenvalue weighted by Gasteiger charge is -2.10. The normalized spacial score (nSPS) is 12.1. The molecule has 0 radical (unpaired) electrons. The van der Waals surface area contributed by atoms with E-state index in [4.69, 9.17) is 9.84 Å². The molecule has 0 amide bonds. The zero-order chi connectivity index (χ0) is 9.84. The molecule has 70 valence electrons. The molecule has 13 heavy (non-hydrogen) atoms. The minimum atomic E-state index is -1.07. The van der Waals surface area contributed by atoms with E-state index < -0.39 is 12.1 Å². The summed E-state index contributed by atoms with van der Waals surface area (Å²) in [5, 5.41) is 17.8. The van der Waals surface area contributed by atoms with Crippen molar-refractivity contribution in [3.05, 3.63) is 24.3 Å². The molecule has 0 heterocycles. The van der Waals surface area contributed by atoms with Crippen LogP contribution in [0.3, 0.4) is 0 Å². The number of rotatable bonds is 3. The lowest BCUT2D eigenvalue weighted by atomic mass is 10.3. The van der Waals surface area contributed by atoms with Gasteiger partial charge in [-0.3, -0.25) is 0 Å². The number of aromatic hydroxyl groups is 1. The Balaban J connectivity index is 2.74. The number of para-hydroxylation sites is 2. The van der Waals surface area contributed by atoms with Crippen molar-refractivity contribution in [2.45, 2.75) is 13.0 Å². The molecule has 0 saturated carbocycles. The molecule has 1 rings (SSSR count). The maximum Gasteiger partial charge on any atom is 0.344 e. The third kappa shape index (κ3) is 2.37. The molecule has 0 spiro atoms. The van der Waals surface area contributed by atoms with Gasteiger partial charge >= 0.3 is 5.97 Å². The van der Waals surface area contributed by atoms with Crippen LogP contribution in [0, 0.1) is 0 Å². The predicted molar refractivity (Wildman–Crippen MR) is 45.8 cm³/mol. The molecule has 1 atom stereocenters. The summed E-state index contributed by atoms with van der Waals surface area (Å²) >= 11 is 0.